The predicted octanol–water partition coefficient (Wildman–Crippen LogP) is 21.6. The molecule has 0 saturated heterocycles. The van der Waals surface area contributed by atoms with Crippen LogP contribution >= 0.6 is 0 Å². The van der Waals surface area contributed by atoms with Gasteiger partial charge in [-0.25, -0.2) is 0 Å². The summed E-state index contributed by atoms with van der Waals surface area (Å²) < 4.78 is 4.79. The van der Waals surface area contributed by atoms with E-state index in [-0.39, 0.29) is 5.41 Å². The average molecular weight is 1060 g/mol. The van der Waals surface area contributed by atoms with Gasteiger partial charge in [-0.2, -0.15) is 0 Å². The van der Waals surface area contributed by atoms with Crippen LogP contribution in [-0.4, -0.2) is 9.13 Å². The van der Waals surface area contributed by atoms with Crippen molar-refractivity contribution in [3.63, 3.8) is 0 Å². The molecule has 4 heteroatoms. The Morgan fingerprint density at radius 3 is 1.16 bits per heavy atom. The molecule has 0 aliphatic heterocycles. The highest BCUT2D eigenvalue weighted by Crippen LogP contribution is 2.56. The van der Waals surface area contributed by atoms with E-state index in [0.29, 0.717) is 0 Å². The maximum atomic E-state index is 2.51. The van der Waals surface area contributed by atoms with Crippen molar-refractivity contribution in [2.75, 3.05) is 9.80 Å². The number of para-hydroxylation sites is 4. The van der Waals surface area contributed by atoms with Gasteiger partial charge in [-0.1, -0.05) is 202 Å². The predicted molar refractivity (Wildman–Crippen MR) is 350 cm³/mol. The highest BCUT2D eigenvalue weighted by molar-refractivity contribution is 6.14. The molecule has 0 unspecified atom stereocenters. The zero-order chi connectivity index (χ0) is 55.2. The lowest BCUT2D eigenvalue weighted by Crippen LogP contribution is -2.18. The van der Waals surface area contributed by atoms with Crippen molar-refractivity contribution >= 4 is 88.5 Å². The van der Waals surface area contributed by atoms with Gasteiger partial charge in [0.2, 0.25) is 0 Å². The number of benzene rings is 13. The van der Waals surface area contributed by atoms with E-state index in [1.807, 2.05) is 0 Å². The second-order valence-corrected chi connectivity index (χ2v) is 22.5. The fourth-order valence-electron chi connectivity index (χ4n) is 13.5. The SMILES string of the molecule is CC1(C)c2cc(N(c3ccc(-c4ccccc4)cc3)c3ccc4c(c3)c3ccccc3n4-c3ccccc3)ccc2-c2c1cc(N(c1ccc(-c3ccccc3)cc1)c1ccc3c(c1)c1ccccc1n3-c1ccccc1)c1ccccc21. The van der Waals surface area contributed by atoms with E-state index in [0.717, 1.165) is 45.5 Å². The van der Waals surface area contributed by atoms with Gasteiger partial charge in [-0.3, -0.25) is 0 Å². The Morgan fingerprint density at radius 1 is 0.265 bits per heavy atom. The molecule has 0 spiro atoms. The highest BCUT2D eigenvalue weighted by Gasteiger charge is 2.39. The first kappa shape index (κ1) is 48.2. The van der Waals surface area contributed by atoms with Crippen LogP contribution in [-0.2, 0) is 5.41 Å². The molecule has 392 valence electrons. The standard InChI is InChI=1S/C79H56N4/c1-79(2)71-51-63(80(59-39-35-55(36-40-59)53-21-7-3-8-22-53)61-44-47-75-69(49-61)65-30-17-19-33-73(65)82(75)57-25-11-5-12-26-57)43-46-68(71)78-67-32-16-15-29-64(67)77(52-72(78)79)81(60-41-37-56(38-42-60)54-23-9-4-10-24-54)62-45-48-76-70(50-62)66-31-18-20-34-74(66)83(76)58-27-13-6-14-28-58/h3-52H,1-2H3. The first-order valence-corrected chi connectivity index (χ1v) is 28.7. The van der Waals surface area contributed by atoms with Crippen LogP contribution in [0.3, 0.4) is 0 Å². The lowest BCUT2D eigenvalue weighted by molar-refractivity contribution is 0.661. The third kappa shape index (κ3) is 7.82. The summed E-state index contributed by atoms with van der Waals surface area (Å²) in [5.41, 5.74) is 23.2. The van der Waals surface area contributed by atoms with Crippen molar-refractivity contribution in [3.8, 4) is 44.8 Å². The molecule has 0 radical (unpaired) electrons. The summed E-state index contributed by atoms with van der Waals surface area (Å²) in [6.45, 7) is 4.85. The molecule has 1 aliphatic carbocycles. The topological polar surface area (TPSA) is 16.3 Å². The van der Waals surface area contributed by atoms with Crippen LogP contribution < -0.4 is 9.80 Å². The summed E-state index contributed by atoms with van der Waals surface area (Å²) in [5.74, 6) is 0. The van der Waals surface area contributed by atoms with Gasteiger partial charge in [0.15, 0.2) is 0 Å². The van der Waals surface area contributed by atoms with Gasteiger partial charge in [0.25, 0.3) is 0 Å². The molecule has 83 heavy (non-hydrogen) atoms. The van der Waals surface area contributed by atoms with Crippen LogP contribution in [0.2, 0.25) is 0 Å². The van der Waals surface area contributed by atoms with Crippen molar-refractivity contribution in [2.45, 2.75) is 19.3 Å². The Hall–Kier alpha value is -10.7. The number of hydrogen-bond donors (Lipinski definition) is 0. The minimum absolute atomic E-state index is 0.384. The maximum absolute atomic E-state index is 2.51. The van der Waals surface area contributed by atoms with Gasteiger partial charge in [0, 0.05) is 72.2 Å². The van der Waals surface area contributed by atoms with Crippen LogP contribution in [0, 0.1) is 0 Å². The monoisotopic (exact) mass is 1060 g/mol. The molecule has 0 bridgehead atoms. The van der Waals surface area contributed by atoms with Gasteiger partial charge in [-0.05, 0) is 165 Å². The molecule has 2 aromatic heterocycles. The largest absolute Gasteiger partial charge is 0.310 e. The quantitative estimate of drug-likeness (QED) is 0.136. The molecule has 0 amide bonds. The number of rotatable bonds is 10. The molecule has 1 aliphatic rings. The van der Waals surface area contributed by atoms with Crippen LogP contribution in [0.25, 0.3) is 99.1 Å². The molecular weight excluding hydrogens is 1000 g/mol. The minimum Gasteiger partial charge on any atom is -0.310 e. The summed E-state index contributed by atoms with van der Waals surface area (Å²) in [6, 6.07) is 112. The molecule has 0 atom stereocenters. The number of anilines is 6. The second-order valence-electron chi connectivity index (χ2n) is 22.5. The van der Waals surface area contributed by atoms with Gasteiger partial charge in [-0.15, -0.1) is 0 Å². The normalized spacial score (nSPS) is 12.6. The van der Waals surface area contributed by atoms with Crippen molar-refractivity contribution in [1.82, 2.24) is 9.13 Å². The minimum atomic E-state index is -0.384. The zero-order valence-corrected chi connectivity index (χ0v) is 46.2. The molecule has 0 fully saturated rings. The van der Waals surface area contributed by atoms with Crippen molar-refractivity contribution in [2.24, 2.45) is 0 Å². The van der Waals surface area contributed by atoms with Gasteiger partial charge < -0.3 is 18.9 Å². The van der Waals surface area contributed by atoms with Gasteiger partial charge in [0.05, 0.1) is 27.8 Å². The van der Waals surface area contributed by atoms with Crippen LogP contribution in [0.4, 0.5) is 34.1 Å². The first-order valence-electron chi connectivity index (χ1n) is 28.7. The summed E-state index contributed by atoms with van der Waals surface area (Å²) in [5, 5.41) is 7.29. The van der Waals surface area contributed by atoms with Crippen LogP contribution in [0.5, 0.6) is 0 Å². The lowest BCUT2D eigenvalue weighted by atomic mass is 9.81. The Balaban J connectivity index is 0.874. The van der Waals surface area contributed by atoms with Gasteiger partial charge in [0.1, 0.15) is 0 Å². The maximum Gasteiger partial charge on any atom is 0.0543 e. The molecule has 13 aromatic carbocycles. The van der Waals surface area contributed by atoms with Crippen molar-refractivity contribution in [1.29, 1.82) is 0 Å². The molecule has 0 saturated carbocycles. The van der Waals surface area contributed by atoms with Crippen molar-refractivity contribution in [3.05, 3.63) is 314 Å². The third-order valence-electron chi connectivity index (χ3n) is 17.5. The zero-order valence-electron chi connectivity index (χ0n) is 46.2. The van der Waals surface area contributed by atoms with Gasteiger partial charge >= 0.3 is 0 Å². The van der Waals surface area contributed by atoms with E-state index >= 15 is 0 Å². The summed E-state index contributed by atoms with van der Waals surface area (Å²) in [4.78, 5) is 4.96. The second kappa shape index (κ2) is 19.3. The molecule has 0 N–H and O–H groups in total. The lowest BCUT2D eigenvalue weighted by Gasteiger charge is -2.30. The van der Waals surface area contributed by atoms with Crippen molar-refractivity contribution < 1.29 is 0 Å². The Kier molecular flexibility index (Phi) is 11.2. The summed E-state index contributed by atoms with van der Waals surface area (Å²) in [6.07, 6.45) is 0. The molecule has 15 aromatic rings. The molecule has 2 heterocycles. The van der Waals surface area contributed by atoms with E-state index in [1.54, 1.807) is 0 Å². The summed E-state index contributed by atoms with van der Waals surface area (Å²) in [7, 11) is 0. The fourth-order valence-corrected chi connectivity index (χ4v) is 13.5. The average Bonchev–Trinajstić information content (AvgIpc) is 1.87. The van der Waals surface area contributed by atoms with Crippen LogP contribution in [0.15, 0.2) is 303 Å². The smallest absolute Gasteiger partial charge is 0.0543 e. The van der Waals surface area contributed by atoms with E-state index < -0.39 is 0 Å². The molecule has 16 rings (SSSR count). The Bertz CT molecular complexity index is 4960. The summed E-state index contributed by atoms with van der Waals surface area (Å²) >= 11 is 0. The third-order valence-corrected chi connectivity index (χ3v) is 17.5. The number of nitrogens with zero attached hydrogens (tertiary/aromatic N) is 4. The van der Waals surface area contributed by atoms with E-state index in [4.69, 9.17) is 0 Å². The van der Waals surface area contributed by atoms with E-state index in [1.165, 1.54) is 98.9 Å². The fraction of sp³-hybridized carbons (Fsp3) is 0.0380. The highest BCUT2D eigenvalue weighted by atomic mass is 15.2. The number of fused-ring (bicyclic) bond motifs is 11. The first-order chi connectivity index (χ1) is 40.9. The van der Waals surface area contributed by atoms with E-state index in [2.05, 4.69) is 336 Å². The molecular formula is C79H56N4. The van der Waals surface area contributed by atoms with Crippen LogP contribution in [0.1, 0.15) is 25.0 Å². The Morgan fingerprint density at radius 2 is 0.639 bits per heavy atom. The Labute approximate surface area is 483 Å². The molecule has 4 nitrogen and oxygen atoms in total. The number of hydrogen-bond acceptors (Lipinski definition) is 2. The van der Waals surface area contributed by atoms with E-state index in [9.17, 15) is 0 Å². The number of aromatic nitrogens is 2.